The van der Waals surface area contributed by atoms with Gasteiger partial charge in [-0.2, -0.15) is 0 Å². The number of ether oxygens (including phenoxy) is 1. The Kier molecular flexibility index (Phi) is 5.61. The fourth-order valence-corrected chi connectivity index (χ4v) is 2.89. The first-order chi connectivity index (χ1) is 11.7. The molecule has 24 heavy (non-hydrogen) atoms. The van der Waals surface area contributed by atoms with E-state index in [1.807, 2.05) is 35.9 Å². The fraction of sp³-hybridized carbons (Fsp3) is 0.444. The van der Waals surface area contributed by atoms with Gasteiger partial charge in [0.25, 0.3) is 0 Å². The quantitative estimate of drug-likeness (QED) is 0.813. The summed E-state index contributed by atoms with van der Waals surface area (Å²) >= 11 is 0. The van der Waals surface area contributed by atoms with E-state index in [2.05, 4.69) is 21.7 Å². The second-order valence-corrected chi connectivity index (χ2v) is 6.12. The van der Waals surface area contributed by atoms with Crippen molar-refractivity contribution in [1.29, 1.82) is 0 Å². The minimum Gasteiger partial charge on any atom is -0.377 e. The summed E-state index contributed by atoms with van der Waals surface area (Å²) in [6.07, 6.45) is 7.85. The van der Waals surface area contributed by atoms with Crippen LogP contribution in [-0.4, -0.2) is 41.3 Å². The predicted octanol–water partition coefficient (Wildman–Crippen LogP) is 1.82. The molecule has 1 aromatic carbocycles. The molecule has 2 unspecified atom stereocenters. The Morgan fingerprint density at radius 1 is 1.50 bits per heavy atom. The Hall–Kier alpha value is -2.18. The lowest BCUT2D eigenvalue weighted by Crippen LogP contribution is -2.38. The molecule has 0 aliphatic carbocycles. The van der Waals surface area contributed by atoms with Gasteiger partial charge in [-0.1, -0.05) is 12.1 Å². The van der Waals surface area contributed by atoms with Crippen LogP contribution in [0.15, 0.2) is 43.0 Å². The number of hydrogen-bond donors (Lipinski definition) is 2. The number of benzene rings is 1. The minimum atomic E-state index is -0.0505. The van der Waals surface area contributed by atoms with E-state index >= 15 is 0 Å². The van der Waals surface area contributed by atoms with E-state index < -0.39 is 0 Å². The SMILES string of the molecule is CC(NC(=O)CNCC1CCCO1)c1cccc(-n2ccnc2)c1. The Morgan fingerprint density at radius 2 is 2.42 bits per heavy atom. The molecule has 2 heterocycles. The molecule has 1 fully saturated rings. The Bertz CT molecular complexity index is 651. The van der Waals surface area contributed by atoms with Gasteiger partial charge in [-0.3, -0.25) is 4.79 Å². The average molecular weight is 328 g/mol. The van der Waals surface area contributed by atoms with Crippen LogP contribution in [0.3, 0.4) is 0 Å². The largest absolute Gasteiger partial charge is 0.377 e. The number of imidazole rings is 1. The molecule has 0 spiro atoms. The maximum absolute atomic E-state index is 12.1. The van der Waals surface area contributed by atoms with Crippen LogP contribution >= 0.6 is 0 Å². The summed E-state index contributed by atoms with van der Waals surface area (Å²) in [6.45, 7) is 3.87. The van der Waals surface area contributed by atoms with Crippen LogP contribution in [0.2, 0.25) is 0 Å². The summed E-state index contributed by atoms with van der Waals surface area (Å²) in [4.78, 5) is 16.1. The summed E-state index contributed by atoms with van der Waals surface area (Å²) in [5, 5.41) is 6.20. The van der Waals surface area contributed by atoms with E-state index in [1.165, 1.54) is 0 Å². The van der Waals surface area contributed by atoms with Crippen molar-refractivity contribution in [2.45, 2.75) is 31.9 Å². The molecule has 1 amide bonds. The third-order valence-electron chi connectivity index (χ3n) is 4.23. The highest BCUT2D eigenvalue weighted by molar-refractivity contribution is 5.78. The van der Waals surface area contributed by atoms with E-state index in [1.54, 1.807) is 12.5 Å². The van der Waals surface area contributed by atoms with Crippen LogP contribution in [0.5, 0.6) is 0 Å². The lowest BCUT2D eigenvalue weighted by molar-refractivity contribution is -0.120. The van der Waals surface area contributed by atoms with Crippen LogP contribution in [0.4, 0.5) is 0 Å². The monoisotopic (exact) mass is 328 g/mol. The van der Waals surface area contributed by atoms with Gasteiger partial charge < -0.3 is 19.9 Å². The highest BCUT2D eigenvalue weighted by atomic mass is 16.5. The zero-order valence-electron chi connectivity index (χ0n) is 13.9. The van der Waals surface area contributed by atoms with Gasteiger partial charge in [-0.15, -0.1) is 0 Å². The predicted molar refractivity (Wildman–Crippen MR) is 92.0 cm³/mol. The van der Waals surface area contributed by atoms with Crippen molar-refractivity contribution in [3.8, 4) is 5.69 Å². The molecule has 1 saturated heterocycles. The van der Waals surface area contributed by atoms with E-state index in [9.17, 15) is 4.79 Å². The molecule has 2 N–H and O–H groups in total. The van der Waals surface area contributed by atoms with Crippen molar-refractivity contribution in [1.82, 2.24) is 20.2 Å². The van der Waals surface area contributed by atoms with Crippen LogP contribution in [0.1, 0.15) is 31.4 Å². The van der Waals surface area contributed by atoms with Crippen molar-refractivity contribution < 1.29 is 9.53 Å². The molecule has 3 rings (SSSR count). The molecule has 0 bridgehead atoms. The Morgan fingerprint density at radius 3 is 3.17 bits per heavy atom. The van der Waals surface area contributed by atoms with E-state index in [0.29, 0.717) is 6.54 Å². The van der Waals surface area contributed by atoms with Gasteiger partial charge in [-0.05, 0) is 37.5 Å². The number of nitrogens with zero attached hydrogens (tertiary/aromatic N) is 2. The van der Waals surface area contributed by atoms with Gasteiger partial charge in [0.2, 0.25) is 5.91 Å². The molecule has 6 heteroatoms. The van der Waals surface area contributed by atoms with Crippen molar-refractivity contribution in [3.63, 3.8) is 0 Å². The molecule has 6 nitrogen and oxygen atoms in total. The number of nitrogens with one attached hydrogen (secondary N) is 2. The van der Waals surface area contributed by atoms with Crippen molar-refractivity contribution >= 4 is 5.91 Å². The lowest BCUT2D eigenvalue weighted by atomic mass is 10.1. The standard InChI is InChI=1S/C18H24N4O2/c1-14(21-18(23)12-20-11-17-6-3-9-24-17)15-4-2-5-16(10-15)22-8-7-19-13-22/h2,4-5,7-8,10,13-14,17,20H,3,6,9,11-12H2,1H3,(H,21,23). The second-order valence-electron chi connectivity index (χ2n) is 6.12. The van der Waals surface area contributed by atoms with E-state index in [-0.39, 0.29) is 18.1 Å². The van der Waals surface area contributed by atoms with Crippen LogP contribution < -0.4 is 10.6 Å². The number of amides is 1. The molecular formula is C18H24N4O2. The highest BCUT2D eigenvalue weighted by Crippen LogP contribution is 2.16. The molecule has 0 saturated carbocycles. The van der Waals surface area contributed by atoms with Gasteiger partial charge in [-0.25, -0.2) is 4.98 Å². The van der Waals surface area contributed by atoms with Gasteiger partial charge in [0, 0.05) is 31.2 Å². The molecule has 2 aromatic rings. The molecule has 1 aliphatic heterocycles. The number of aromatic nitrogens is 2. The Labute approximate surface area is 142 Å². The first-order valence-corrected chi connectivity index (χ1v) is 8.42. The van der Waals surface area contributed by atoms with Crippen LogP contribution in [-0.2, 0) is 9.53 Å². The third kappa shape index (κ3) is 4.43. The zero-order chi connectivity index (χ0) is 16.8. The average Bonchev–Trinajstić information content (AvgIpc) is 3.29. The molecule has 1 aliphatic rings. The molecule has 0 radical (unpaired) electrons. The highest BCUT2D eigenvalue weighted by Gasteiger charge is 2.16. The summed E-state index contributed by atoms with van der Waals surface area (Å²) in [5.74, 6) is -0.00599. The van der Waals surface area contributed by atoms with E-state index in [0.717, 1.165) is 37.2 Å². The summed E-state index contributed by atoms with van der Waals surface area (Å²) in [6, 6.07) is 8.04. The van der Waals surface area contributed by atoms with Crippen molar-refractivity contribution in [2.75, 3.05) is 19.7 Å². The maximum atomic E-state index is 12.1. The van der Waals surface area contributed by atoms with Gasteiger partial charge in [0.05, 0.1) is 25.0 Å². The first kappa shape index (κ1) is 16.7. The zero-order valence-corrected chi connectivity index (χ0v) is 13.9. The summed E-state index contributed by atoms with van der Waals surface area (Å²) in [5.41, 5.74) is 2.09. The number of hydrogen-bond acceptors (Lipinski definition) is 4. The second kappa shape index (κ2) is 8.08. The normalized spacial score (nSPS) is 18.5. The van der Waals surface area contributed by atoms with Gasteiger partial charge >= 0.3 is 0 Å². The van der Waals surface area contributed by atoms with Crippen LogP contribution in [0, 0.1) is 0 Å². The third-order valence-corrected chi connectivity index (χ3v) is 4.23. The van der Waals surface area contributed by atoms with Gasteiger partial charge in [0.15, 0.2) is 0 Å². The van der Waals surface area contributed by atoms with Crippen LogP contribution in [0.25, 0.3) is 5.69 Å². The van der Waals surface area contributed by atoms with Gasteiger partial charge in [0.1, 0.15) is 0 Å². The number of rotatable bonds is 7. The van der Waals surface area contributed by atoms with Crippen molar-refractivity contribution in [2.24, 2.45) is 0 Å². The fourth-order valence-electron chi connectivity index (χ4n) is 2.89. The van der Waals surface area contributed by atoms with Crippen molar-refractivity contribution in [3.05, 3.63) is 48.5 Å². The molecule has 128 valence electrons. The Balaban J connectivity index is 1.49. The minimum absolute atomic E-state index is 0.00599. The smallest absolute Gasteiger partial charge is 0.234 e. The lowest BCUT2D eigenvalue weighted by Gasteiger charge is -2.16. The number of carbonyl (C=O) groups is 1. The number of carbonyl (C=O) groups excluding carboxylic acids is 1. The molecular weight excluding hydrogens is 304 g/mol. The maximum Gasteiger partial charge on any atom is 0.234 e. The summed E-state index contributed by atoms with van der Waals surface area (Å²) in [7, 11) is 0. The molecule has 2 atom stereocenters. The summed E-state index contributed by atoms with van der Waals surface area (Å²) < 4.78 is 7.48. The first-order valence-electron chi connectivity index (χ1n) is 8.42. The topological polar surface area (TPSA) is 68.2 Å². The van der Waals surface area contributed by atoms with E-state index in [4.69, 9.17) is 4.74 Å². The molecule has 1 aromatic heterocycles.